The van der Waals surface area contributed by atoms with Gasteiger partial charge in [0.15, 0.2) is 5.65 Å². The number of nitrogens with one attached hydrogen (secondary N) is 2. The second kappa shape index (κ2) is 6.64. The zero-order valence-electron chi connectivity index (χ0n) is 16.4. The highest BCUT2D eigenvalue weighted by Crippen LogP contribution is 2.30. The zero-order valence-corrected chi connectivity index (χ0v) is 16.4. The summed E-state index contributed by atoms with van der Waals surface area (Å²) in [5, 5.41) is 4.25. The topological polar surface area (TPSA) is 84.3 Å². The first-order valence-electron chi connectivity index (χ1n) is 9.37. The molecule has 4 aromatic heterocycles. The fourth-order valence-corrected chi connectivity index (χ4v) is 3.42. The van der Waals surface area contributed by atoms with Gasteiger partial charge in [-0.1, -0.05) is 13.8 Å². The summed E-state index contributed by atoms with van der Waals surface area (Å²) in [6, 6.07) is 2.48. The maximum Gasteiger partial charge on any atom is 0.224 e. The van der Waals surface area contributed by atoms with Crippen molar-refractivity contribution in [1.29, 1.82) is 0 Å². The van der Waals surface area contributed by atoms with Gasteiger partial charge in [-0.05, 0) is 32.8 Å². The van der Waals surface area contributed by atoms with E-state index in [-0.39, 0.29) is 0 Å². The Balaban J connectivity index is 1.76. The highest BCUT2D eigenvalue weighted by Gasteiger charge is 2.15. The molecule has 0 amide bonds. The van der Waals surface area contributed by atoms with Crippen LogP contribution in [0.25, 0.3) is 33.3 Å². The molecule has 0 saturated carbocycles. The van der Waals surface area contributed by atoms with Crippen molar-refractivity contribution in [2.45, 2.75) is 40.7 Å². The summed E-state index contributed by atoms with van der Waals surface area (Å²) in [5.74, 6) is 2.16. The molecule has 0 saturated heterocycles. The lowest BCUT2D eigenvalue weighted by Gasteiger charge is -2.11. The lowest BCUT2D eigenvalue weighted by molar-refractivity contribution is 0.600. The number of anilines is 1. The van der Waals surface area contributed by atoms with Crippen LogP contribution in [0, 0.1) is 12.8 Å². The molecule has 4 rings (SSSR count). The van der Waals surface area contributed by atoms with Gasteiger partial charge in [0.25, 0.3) is 0 Å². The van der Waals surface area contributed by atoms with Crippen molar-refractivity contribution in [1.82, 2.24) is 29.5 Å². The van der Waals surface area contributed by atoms with E-state index in [1.54, 1.807) is 0 Å². The molecule has 7 heteroatoms. The lowest BCUT2D eigenvalue weighted by atomic mass is 10.1. The van der Waals surface area contributed by atoms with Gasteiger partial charge in [-0.15, -0.1) is 0 Å². The number of aromatic amines is 1. The molecule has 7 nitrogen and oxygen atoms in total. The third-order valence-corrected chi connectivity index (χ3v) is 4.65. The molecule has 0 spiro atoms. The van der Waals surface area contributed by atoms with Gasteiger partial charge in [-0.2, -0.15) is 4.98 Å². The van der Waals surface area contributed by atoms with Gasteiger partial charge in [0.1, 0.15) is 11.5 Å². The number of aromatic nitrogens is 6. The SMILES string of the molecule is Cc1nc2ncc(-c3c[nH]c4nc(NCC(C)C)ncc34)cc2n1C(C)C. The Labute approximate surface area is 158 Å². The van der Waals surface area contributed by atoms with Crippen LogP contribution in [0.4, 0.5) is 5.95 Å². The minimum absolute atomic E-state index is 0.327. The number of hydrogen-bond acceptors (Lipinski definition) is 5. The van der Waals surface area contributed by atoms with Crippen molar-refractivity contribution in [3.8, 4) is 11.1 Å². The van der Waals surface area contributed by atoms with Gasteiger partial charge >= 0.3 is 0 Å². The predicted molar refractivity (Wildman–Crippen MR) is 109 cm³/mol. The van der Waals surface area contributed by atoms with Gasteiger partial charge in [-0.3, -0.25) is 0 Å². The monoisotopic (exact) mass is 363 g/mol. The lowest BCUT2D eigenvalue weighted by Crippen LogP contribution is -2.10. The highest BCUT2D eigenvalue weighted by molar-refractivity contribution is 5.95. The molecule has 2 N–H and O–H groups in total. The molecule has 4 aromatic rings. The van der Waals surface area contributed by atoms with Crippen LogP contribution >= 0.6 is 0 Å². The molecular weight excluding hydrogens is 338 g/mol. The molecule has 0 bridgehead atoms. The molecule has 27 heavy (non-hydrogen) atoms. The van der Waals surface area contributed by atoms with E-state index in [0.29, 0.717) is 17.9 Å². The average Bonchev–Trinajstić information content (AvgIpc) is 3.18. The number of rotatable bonds is 5. The summed E-state index contributed by atoms with van der Waals surface area (Å²) in [7, 11) is 0. The van der Waals surface area contributed by atoms with Crippen LogP contribution in [0.5, 0.6) is 0 Å². The van der Waals surface area contributed by atoms with Crippen LogP contribution in [-0.4, -0.2) is 36.0 Å². The van der Waals surface area contributed by atoms with Crippen molar-refractivity contribution >= 4 is 28.1 Å². The Morgan fingerprint density at radius 1 is 1.11 bits per heavy atom. The van der Waals surface area contributed by atoms with Crippen LogP contribution < -0.4 is 5.32 Å². The number of hydrogen-bond donors (Lipinski definition) is 2. The Hall–Kier alpha value is -2.96. The van der Waals surface area contributed by atoms with Crippen molar-refractivity contribution in [3.63, 3.8) is 0 Å². The van der Waals surface area contributed by atoms with E-state index in [0.717, 1.165) is 45.7 Å². The van der Waals surface area contributed by atoms with E-state index in [2.05, 4.69) is 68.6 Å². The van der Waals surface area contributed by atoms with Gasteiger partial charge in [0.05, 0.1) is 5.52 Å². The van der Waals surface area contributed by atoms with E-state index in [1.807, 2.05) is 25.5 Å². The first-order chi connectivity index (χ1) is 12.9. The average molecular weight is 363 g/mol. The first kappa shape index (κ1) is 17.5. The number of nitrogens with zero attached hydrogens (tertiary/aromatic N) is 5. The Morgan fingerprint density at radius 3 is 2.67 bits per heavy atom. The van der Waals surface area contributed by atoms with Gasteiger partial charge in [0.2, 0.25) is 5.95 Å². The number of imidazole rings is 1. The van der Waals surface area contributed by atoms with Crippen LogP contribution in [0.1, 0.15) is 39.6 Å². The Bertz CT molecular complexity index is 1100. The third-order valence-electron chi connectivity index (χ3n) is 4.65. The van der Waals surface area contributed by atoms with Crippen LogP contribution in [-0.2, 0) is 0 Å². The molecular formula is C20H25N7. The maximum atomic E-state index is 4.59. The van der Waals surface area contributed by atoms with Crippen molar-refractivity contribution in [2.24, 2.45) is 5.92 Å². The molecule has 0 aliphatic carbocycles. The molecule has 0 aromatic carbocycles. The molecule has 0 aliphatic heterocycles. The molecule has 0 atom stereocenters. The summed E-state index contributed by atoms with van der Waals surface area (Å²) in [4.78, 5) is 21.5. The molecule has 0 fully saturated rings. The predicted octanol–water partition coefficient (Wildman–Crippen LogP) is 4.33. The maximum absolute atomic E-state index is 4.59. The second-order valence-corrected chi connectivity index (χ2v) is 7.62. The van der Waals surface area contributed by atoms with Gasteiger partial charge in [-0.25, -0.2) is 15.0 Å². The summed E-state index contributed by atoms with van der Waals surface area (Å²) >= 11 is 0. The normalized spacial score (nSPS) is 12.0. The first-order valence-corrected chi connectivity index (χ1v) is 9.37. The van der Waals surface area contributed by atoms with Gasteiger partial charge < -0.3 is 14.9 Å². The fourth-order valence-electron chi connectivity index (χ4n) is 3.42. The largest absolute Gasteiger partial charge is 0.354 e. The molecule has 0 unspecified atom stereocenters. The number of fused-ring (bicyclic) bond motifs is 2. The Morgan fingerprint density at radius 2 is 1.93 bits per heavy atom. The van der Waals surface area contributed by atoms with Crippen LogP contribution in [0.3, 0.4) is 0 Å². The van der Waals surface area contributed by atoms with E-state index >= 15 is 0 Å². The van der Waals surface area contributed by atoms with E-state index in [4.69, 9.17) is 0 Å². The minimum atomic E-state index is 0.327. The molecule has 4 heterocycles. The second-order valence-electron chi connectivity index (χ2n) is 7.62. The standard InChI is InChI=1S/C20H25N7/c1-11(2)7-23-20-24-10-16-15(9-22-18(16)26-20)14-6-17-19(21-8-14)25-13(5)27(17)12(3)4/h6,8-12H,7H2,1-5H3,(H2,22,23,24,26). The number of aryl methyl sites for hydroxylation is 1. The molecule has 140 valence electrons. The minimum Gasteiger partial charge on any atom is -0.354 e. The highest BCUT2D eigenvalue weighted by atomic mass is 15.1. The summed E-state index contributed by atoms with van der Waals surface area (Å²) in [5.41, 5.74) is 4.72. The fraction of sp³-hybridized carbons (Fsp3) is 0.400. The van der Waals surface area contributed by atoms with Crippen molar-refractivity contribution in [3.05, 3.63) is 30.5 Å². The van der Waals surface area contributed by atoms with Crippen molar-refractivity contribution < 1.29 is 0 Å². The third kappa shape index (κ3) is 3.13. The van der Waals surface area contributed by atoms with E-state index < -0.39 is 0 Å². The summed E-state index contributed by atoms with van der Waals surface area (Å²) in [6.45, 7) is 11.5. The number of H-pyrrole nitrogens is 1. The van der Waals surface area contributed by atoms with Crippen molar-refractivity contribution in [2.75, 3.05) is 11.9 Å². The quantitative estimate of drug-likeness (QED) is 0.551. The zero-order chi connectivity index (χ0) is 19.1. The Kier molecular flexibility index (Phi) is 4.30. The van der Waals surface area contributed by atoms with Gasteiger partial charge in [0, 0.05) is 47.7 Å². The smallest absolute Gasteiger partial charge is 0.224 e. The van der Waals surface area contributed by atoms with E-state index in [9.17, 15) is 0 Å². The summed E-state index contributed by atoms with van der Waals surface area (Å²) in [6.07, 6.45) is 5.70. The molecule has 0 radical (unpaired) electrons. The van der Waals surface area contributed by atoms with Crippen LogP contribution in [0.2, 0.25) is 0 Å². The molecule has 0 aliphatic rings. The van der Waals surface area contributed by atoms with Crippen LogP contribution in [0.15, 0.2) is 24.7 Å². The van der Waals surface area contributed by atoms with E-state index in [1.165, 1.54) is 0 Å². The number of pyridine rings is 1. The summed E-state index contributed by atoms with van der Waals surface area (Å²) < 4.78 is 2.21.